The highest BCUT2D eigenvalue weighted by Crippen LogP contribution is 2.24. The fourth-order valence-electron chi connectivity index (χ4n) is 3.99. The lowest BCUT2D eigenvalue weighted by Crippen LogP contribution is -2.18. The van der Waals surface area contributed by atoms with Crippen LogP contribution < -0.4 is 5.43 Å². The number of carbonyl (C=O) groups is 1. The Morgan fingerprint density at radius 3 is 2.47 bits per heavy atom. The second-order valence-corrected chi connectivity index (χ2v) is 8.40. The minimum absolute atomic E-state index is 0.256. The monoisotopic (exact) mass is 481 g/mol. The summed E-state index contributed by atoms with van der Waals surface area (Å²) in [6.45, 7) is 0.749. The number of benzene rings is 4. The average molecular weight is 482 g/mol. The molecule has 5 rings (SSSR count). The number of para-hydroxylation sites is 1. The number of fused-ring (bicyclic) bond motifs is 2. The van der Waals surface area contributed by atoms with E-state index in [-0.39, 0.29) is 5.91 Å². The minimum Gasteiger partial charge on any atom is -0.342 e. The molecule has 4 nitrogen and oxygen atoms in total. The van der Waals surface area contributed by atoms with Gasteiger partial charge in [-0.15, -0.1) is 0 Å². The Kier molecular flexibility index (Phi) is 5.57. The molecule has 0 unspecified atom stereocenters. The molecule has 0 atom stereocenters. The van der Waals surface area contributed by atoms with Crippen LogP contribution in [0.3, 0.4) is 0 Å². The maximum Gasteiger partial charge on any atom is 0.272 e. The summed E-state index contributed by atoms with van der Waals surface area (Å²) >= 11 is 3.40. The molecule has 0 radical (unpaired) electrons. The van der Waals surface area contributed by atoms with Crippen LogP contribution in [0.1, 0.15) is 21.5 Å². The van der Waals surface area contributed by atoms with Gasteiger partial charge in [0, 0.05) is 33.7 Å². The van der Waals surface area contributed by atoms with Gasteiger partial charge < -0.3 is 4.57 Å². The van der Waals surface area contributed by atoms with Gasteiger partial charge in [0.05, 0.1) is 11.8 Å². The number of halogens is 1. The Balaban J connectivity index is 1.45. The second-order valence-electron chi connectivity index (χ2n) is 7.55. The molecule has 32 heavy (non-hydrogen) atoms. The summed E-state index contributed by atoms with van der Waals surface area (Å²) in [5.74, 6) is -0.256. The molecule has 1 amide bonds. The highest BCUT2D eigenvalue weighted by molar-refractivity contribution is 9.10. The quantitative estimate of drug-likeness (QED) is 0.230. The van der Waals surface area contributed by atoms with Gasteiger partial charge in [-0.05, 0) is 50.5 Å². The van der Waals surface area contributed by atoms with Crippen molar-refractivity contribution in [2.75, 3.05) is 0 Å². The smallest absolute Gasteiger partial charge is 0.272 e. The molecule has 0 aliphatic rings. The molecule has 156 valence electrons. The highest BCUT2D eigenvalue weighted by Gasteiger charge is 2.10. The first-order valence-electron chi connectivity index (χ1n) is 10.3. The van der Waals surface area contributed by atoms with E-state index >= 15 is 0 Å². The van der Waals surface area contributed by atoms with Crippen molar-refractivity contribution < 1.29 is 4.79 Å². The lowest BCUT2D eigenvalue weighted by atomic mass is 10.0. The van der Waals surface area contributed by atoms with Crippen LogP contribution in [0.25, 0.3) is 21.7 Å². The summed E-state index contributed by atoms with van der Waals surface area (Å²) in [6, 6.07) is 30.4. The molecule has 1 heterocycles. The van der Waals surface area contributed by atoms with E-state index in [1.165, 1.54) is 16.3 Å². The van der Waals surface area contributed by atoms with E-state index in [0.717, 1.165) is 27.5 Å². The van der Waals surface area contributed by atoms with Crippen LogP contribution in [0.5, 0.6) is 0 Å². The molecule has 0 fully saturated rings. The number of aromatic nitrogens is 1. The van der Waals surface area contributed by atoms with Gasteiger partial charge in [0.1, 0.15) is 0 Å². The van der Waals surface area contributed by atoms with Gasteiger partial charge in [-0.1, -0.05) is 72.8 Å². The normalized spacial score (nSPS) is 11.4. The summed E-state index contributed by atoms with van der Waals surface area (Å²) in [4.78, 5) is 12.4. The third kappa shape index (κ3) is 3.95. The van der Waals surface area contributed by atoms with E-state index in [0.29, 0.717) is 5.56 Å². The molecule has 0 aliphatic carbocycles. The third-order valence-corrected chi connectivity index (χ3v) is 6.22. The first-order valence-corrected chi connectivity index (χ1v) is 11.1. The predicted molar refractivity (Wildman–Crippen MR) is 134 cm³/mol. The molecular formula is C27H20BrN3O. The summed E-state index contributed by atoms with van der Waals surface area (Å²) in [5, 5.41) is 7.80. The van der Waals surface area contributed by atoms with Crippen molar-refractivity contribution in [3.05, 3.63) is 118 Å². The fourth-order valence-corrected chi connectivity index (χ4v) is 4.45. The summed E-state index contributed by atoms with van der Waals surface area (Å²) in [7, 11) is 0. The topological polar surface area (TPSA) is 46.4 Å². The van der Waals surface area contributed by atoms with E-state index in [4.69, 9.17) is 0 Å². The Morgan fingerprint density at radius 1 is 0.875 bits per heavy atom. The number of amides is 1. The Labute approximate surface area is 194 Å². The molecule has 0 spiro atoms. The Hall–Kier alpha value is -3.70. The zero-order valence-electron chi connectivity index (χ0n) is 17.2. The van der Waals surface area contributed by atoms with Gasteiger partial charge in [-0.3, -0.25) is 4.79 Å². The fraction of sp³-hybridized carbons (Fsp3) is 0.0370. The number of rotatable bonds is 5. The number of hydrogen-bond donors (Lipinski definition) is 1. The average Bonchev–Trinajstić information content (AvgIpc) is 3.17. The van der Waals surface area contributed by atoms with Crippen LogP contribution in [0, 0.1) is 0 Å². The van der Waals surface area contributed by atoms with Gasteiger partial charge in [0.25, 0.3) is 5.91 Å². The first kappa shape index (κ1) is 20.2. The van der Waals surface area contributed by atoms with Gasteiger partial charge in [-0.25, -0.2) is 5.43 Å². The van der Waals surface area contributed by atoms with E-state index < -0.39 is 0 Å². The van der Waals surface area contributed by atoms with Crippen molar-refractivity contribution in [1.29, 1.82) is 0 Å². The molecule has 5 aromatic rings. The first-order chi connectivity index (χ1) is 15.7. The van der Waals surface area contributed by atoms with E-state index in [9.17, 15) is 4.79 Å². The second kappa shape index (κ2) is 8.81. The van der Waals surface area contributed by atoms with E-state index in [2.05, 4.69) is 91.8 Å². The maximum absolute atomic E-state index is 12.4. The summed E-state index contributed by atoms with van der Waals surface area (Å²) in [6.07, 6.45) is 3.79. The van der Waals surface area contributed by atoms with Crippen LogP contribution in [-0.2, 0) is 6.54 Å². The third-order valence-electron chi connectivity index (χ3n) is 5.53. The number of nitrogens with one attached hydrogen (secondary N) is 1. The minimum atomic E-state index is -0.256. The van der Waals surface area contributed by atoms with Gasteiger partial charge in [0.2, 0.25) is 0 Å². The molecule has 0 bridgehead atoms. The lowest BCUT2D eigenvalue weighted by molar-refractivity contribution is 0.0954. The Bertz CT molecular complexity index is 1460. The van der Waals surface area contributed by atoms with Crippen molar-refractivity contribution >= 4 is 49.7 Å². The number of hydrogen-bond acceptors (Lipinski definition) is 2. The molecule has 4 aromatic carbocycles. The summed E-state index contributed by atoms with van der Waals surface area (Å²) < 4.78 is 2.97. The van der Waals surface area contributed by atoms with Gasteiger partial charge >= 0.3 is 0 Å². The van der Waals surface area contributed by atoms with Crippen LogP contribution in [-0.4, -0.2) is 16.7 Å². The number of hydrazone groups is 1. The van der Waals surface area contributed by atoms with Crippen LogP contribution in [0.4, 0.5) is 0 Å². The van der Waals surface area contributed by atoms with Crippen LogP contribution in [0.2, 0.25) is 0 Å². The van der Waals surface area contributed by atoms with Crippen LogP contribution >= 0.6 is 15.9 Å². The Morgan fingerprint density at radius 2 is 1.59 bits per heavy atom. The molecule has 0 aliphatic heterocycles. The van der Waals surface area contributed by atoms with Crippen molar-refractivity contribution in [2.45, 2.75) is 6.54 Å². The molecule has 1 N–H and O–H groups in total. The molecule has 0 saturated heterocycles. The van der Waals surface area contributed by atoms with Crippen molar-refractivity contribution in [1.82, 2.24) is 9.99 Å². The lowest BCUT2D eigenvalue weighted by Gasteiger charge is -2.09. The number of carbonyl (C=O) groups excluding carboxylic acids is 1. The summed E-state index contributed by atoms with van der Waals surface area (Å²) in [5.41, 5.74) is 6.51. The molecule has 1 aromatic heterocycles. The molecular weight excluding hydrogens is 462 g/mol. The van der Waals surface area contributed by atoms with Crippen molar-refractivity contribution in [2.24, 2.45) is 5.10 Å². The van der Waals surface area contributed by atoms with E-state index in [1.54, 1.807) is 12.3 Å². The number of nitrogens with zero attached hydrogens (tertiary/aromatic N) is 2. The van der Waals surface area contributed by atoms with Crippen molar-refractivity contribution in [3.63, 3.8) is 0 Å². The SMILES string of the molecule is O=C(N/N=C\c1cn(Cc2cccc3ccccc23)c2ccccc12)c1ccccc1Br. The predicted octanol–water partition coefficient (Wildman–Crippen LogP) is 6.37. The van der Waals surface area contributed by atoms with E-state index in [1.807, 2.05) is 30.3 Å². The maximum atomic E-state index is 12.4. The largest absolute Gasteiger partial charge is 0.342 e. The van der Waals surface area contributed by atoms with Crippen molar-refractivity contribution in [3.8, 4) is 0 Å². The van der Waals surface area contributed by atoms with Gasteiger partial charge in [-0.2, -0.15) is 5.10 Å². The molecule has 0 saturated carbocycles. The standard InChI is InChI=1S/C27H20BrN3O/c28-25-14-5-3-13-24(25)27(32)30-29-16-21-18-31(26-15-6-4-12-23(21)26)17-20-10-7-9-19-8-1-2-11-22(19)20/h1-16,18H,17H2,(H,30,32)/b29-16-. The zero-order valence-corrected chi connectivity index (χ0v) is 18.8. The highest BCUT2D eigenvalue weighted by atomic mass is 79.9. The van der Waals surface area contributed by atoms with Gasteiger partial charge in [0.15, 0.2) is 0 Å². The molecule has 5 heteroatoms. The zero-order chi connectivity index (χ0) is 21.9. The van der Waals surface area contributed by atoms with Crippen LogP contribution in [0.15, 0.2) is 107 Å².